The molecule has 4 heteroatoms. The van der Waals surface area contributed by atoms with Gasteiger partial charge in [0.25, 0.3) is 0 Å². The van der Waals surface area contributed by atoms with Gasteiger partial charge in [-0.3, -0.25) is 0 Å². The van der Waals surface area contributed by atoms with Gasteiger partial charge in [0.2, 0.25) is 8.32 Å². The second-order valence-electron chi connectivity index (χ2n) is 5.84. The molecule has 0 unspecified atom stereocenters. The monoisotopic (exact) mass is 264 g/mol. The van der Waals surface area contributed by atoms with Crippen molar-refractivity contribution in [1.29, 1.82) is 0 Å². The van der Waals surface area contributed by atoms with E-state index < -0.39 is 14.3 Å². The van der Waals surface area contributed by atoms with E-state index in [0.29, 0.717) is 11.3 Å². The van der Waals surface area contributed by atoms with Gasteiger partial charge in [-0.1, -0.05) is 0 Å². The van der Waals surface area contributed by atoms with Crippen molar-refractivity contribution in [2.75, 3.05) is 0 Å². The first kappa shape index (κ1) is 13.1. The van der Waals surface area contributed by atoms with Crippen molar-refractivity contribution in [1.82, 2.24) is 0 Å². The summed E-state index contributed by atoms with van der Waals surface area (Å²) in [4.78, 5) is 11.3. The molecule has 18 heavy (non-hydrogen) atoms. The van der Waals surface area contributed by atoms with Crippen LogP contribution in [0.4, 0.5) is 0 Å². The lowest BCUT2D eigenvalue weighted by Gasteiger charge is -2.24. The van der Waals surface area contributed by atoms with E-state index in [1.807, 2.05) is 12.1 Å². The van der Waals surface area contributed by atoms with Crippen molar-refractivity contribution in [2.45, 2.75) is 45.3 Å². The van der Waals surface area contributed by atoms with Crippen LogP contribution in [0.15, 0.2) is 12.1 Å². The van der Waals surface area contributed by atoms with Gasteiger partial charge in [0.1, 0.15) is 11.3 Å². The Kier molecular flexibility index (Phi) is 3.48. The Hall–Kier alpha value is -1.29. The Balaban J connectivity index is 2.45. The number of benzene rings is 1. The zero-order valence-corrected chi connectivity index (χ0v) is 12.2. The lowest BCUT2D eigenvalue weighted by atomic mass is 9.90. The topological polar surface area (TPSA) is 46.5 Å². The molecule has 0 heterocycles. The highest BCUT2D eigenvalue weighted by Gasteiger charge is 2.23. The first-order valence-corrected chi connectivity index (χ1v) is 9.86. The van der Waals surface area contributed by atoms with Crippen LogP contribution in [-0.4, -0.2) is 19.4 Å². The zero-order valence-electron chi connectivity index (χ0n) is 11.2. The van der Waals surface area contributed by atoms with Crippen molar-refractivity contribution >= 4 is 14.3 Å². The van der Waals surface area contributed by atoms with E-state index >= 15 is 0 Å². The molecule has 1 aromatic rings. The standard InChI is InChI=1S/C14H20O3Si/c1-18(2,3)17-13-9-11-7-5-4-6-10(11)8-12(13)14(15)16/h8-9H,4-7H2,1-3H3,(H,15,16). The van der Waals surface area contributed by atoms with Gasteiger partial charge in [0, 0.05) is 0 Å². The van der Waals surface area contributed by atoms with Crippen LogP contribution < -0.4 is 4.43 Å². The number of hydrogen-bond donors (Lipinski definition) is 1. The number of fused-ring (bicyclic) bond motifs is 1. The summed E-state index contributed by atoms with van der Waals surface area (Å²) in [6.07, 6.45) is 4.37. The van der Waals surface area contributed by atoms with E-state index in [-0.39, 0.29) is 0 Å². The summed E-state index contributed by atoms with van der Waals surface area (Å²) >= 11 is 0. The minimum atomic E-state index is -1.78. The van der Waals surface area contributed by atoms with E-state index in [1.54, 1.807) is 0 Å². The summed E-state index contributed by atoms with van der Waals surface area (Å²) in [7, 11) is -1.78. The van der Waals surface area contributed by atoms with Crippen LogP contribution in [0.1, 0.15) is 34.3 Å². The lowest BCUT2D eigenvalue weighted by molar-refractivity contribution is 0.0694. The van der Waals surface area contributed by atoms with Gasteiger partial charge >= 0.3 is 5.97 Å². The largest absolute Gasteiger partial charge is 0.544 e. The van der Waals surface area contributed by atoms with Crippen LogP contribution in [-0.2, 0) is 12.8 Å². The maximum Gasteiger partial charge on any atom is 0.339 e. The molecule has 3 nitrogen and oxygen atoms in total. The maximum atomic E-state index is 11.3. The third-order valence-electron chi connectivity index (χ3n) is 3.09. The molecule has 1 aliphatic rings. The minimum absolute atomic E-state index is 0.318. The summed E-state index contributed by atoms with van der Waals surface area (Å²) in [5.74, 6) is -0.334. The van der Waals surface area contributed by atoms with Crippen molar-refractivity contribution < 1.29 is 14.3 Å². The SMILES string of the molecule is C[Si](C)(C)Oc1cc2c(cc1C(=O)O)CCCC2. The molecule has 1 aromatic carbocycles. The molecule has 1 N–H and O–H groups in total. The number of aryl methyl sites for hydroxylation is 2. The van der Waals surface area contributed by atoms with E-state index in [1.165, 1.54) is 17.5 Å². The first-order valence-electron chi connectivity index (χ1n) is 6.45. The van der Waals surface area contributed by atoms with Gasteiger partial charge < -0.3 is 9.53 Å². The minimum Gasteiger partial charge on any atom is -0.544 e. The molecule has 98 valence electrons. The van der Waals surface area contributed by atoms with Crippen LogP contribution in [0.3, 0.4) is 0 Å². The van der Waals surface area contributed by atoms with E-state index in [4.69, 9.17) is 4.43 Å². The first-order chi connectivity index (χ1) is 8.37. The number of hydrogen-bond acceptors (Lipinski definition) is 2. The summed E-state index contributed by atoms with van der Waals surface area (Å²) in [6.45, 7) is 6.20. The third-order valence-corrected chi connectivity index (χ3v) is 3.92. The molecule has 0 fully saturated rings. The van der Waals surface area contributed by atoms with Crippen LogP contribution in [0.25, 0.3) is 0 Å². The van der Waals surface area contributed by atoms with Gasteiger partial charge in [-0.2, -0.15) is 0 Å². The number of carboxylic acid groups (broad SMARTS) is 1. The fraction of sp³-hybridized carbons (Fsp3) is 0.500. The fourth-order valence-corrected chi connectivity index (χ4v) is 3.17. The highest BCUT2D eigenvalue weighted by atomic mass is 28.4. The van der Waals surface area contributed by atoms with Gasteiger partial charge in [-0.25, -0.2) is 4.79 Å². The molecule has 0 saturated heterocycles. The molecule has 0 aliphatic heterocycles. The van der Waals surface area contributed by atoms with Crippen molar-refractivity contribution in [3.05, 3.63) is 28.8 Å². The highest BCUT2D eigenvalue weighted by Crippen LogP contribution is 2.30. The molecule has 2 rings (SSSR count). The molecule has 0 spiro atoms. The Morgan fingerprint density at radius 3 is 2.22 bits per heavy atom. The quantitative estimate of drug-likeness (QED) is 0.850. The maximum absolute atomic E-state index is 11.3. The lowest BCUT2D eigenvalue weighted by Crippen LogP contribution is -2.30. The molecule has 0 atom stereocenters. The summed E-state index contributed by atoms with van der Waals surface area (Å²) in [5.41, 5.74) is 2.76. The Morgan fingerprint density at radius 1 is 1.17 bits per heavy atom. The summed E-state index contributed by atoms with van der Waals surface area (Å²) in [5, 5.41) is 9.30. The van der Waals surface area contributed by atoms with Gasteiger partial charge in [-0.15, -0.1) is 0 Å². The molecule has 0 amide bonds. The highest BCUT2D eigenvalue weighted by molar-refractivity contribution is 6.70. The van der Waals surface area contributed by atoms with Crippen molar-refractivity contribution in [2.24, 2.45) is 0 Å². The number of carboxylic acids is 1. The van der Waals surface area contributed by atoms with Gasteiger partial charge in [0.15, 0.2) is 0 Å². The normalized spacial score (nSPS) is 15.1. The molecule has 1 aliphatic carbocycles. The average molecular weight is 264 g/mol. The zero-order chi connectivity index (χ0) is 13.3. The third kappa shape index (κ3) is 2.93. The van der Waals surface area contributed by atoms with Crippen LogP contribution in [0.2, 0.25) is 19.6 Å². The van der Waals surface area contributed by atoms with Crippen LogP contribution >= 0.6 is 0 Å². The second-order valence-corrected chi connectivity index (χ2v) is 10.3. The summed E-state index contributed by atoms with van der Waals surface area (Å²) < 4.78 is 5.92. The van der Waals surface area contributed by atoms with Crippen molar-refractivity contribution in [3.63, 3.8) is 0 Å². The summed E-state index contributed by atoms with van der Waals surface area (Å²) in [6, 6.07) is 3.77. The smallest absolute Gasteiger partial charge is 0.339 e. The molecule has 0 aromatic heterocycles. The molecule has 0 bridgehead atoms. The molecule has 0 saturated carbocycles. The number of aromatic carboxylic acids is 1. The van der Waals surface area contributed by atoms with E-state index in [2.05, 4.69) is 19.6 Å². The van der Waals surface area contributed by atoms with Crippen LogP contribution in [0, 0.1) is 0 Å². The second kappa shape index (κ2) is 4.76. The predicted octanol–water partition coefficient (Wildman–Crippen LogP) is 3.48. The Labute approximate surface area is 109 Å². The van der Waals surface area contributed by atoms with E-state index in [0.717, 1.165) is 19.3 Å². The van der Waals surface area contributed by atoms with Crippen LogP contribution in [0.5, 0.6) is 5.75 Å². The van der Waals surface area contributed by atoms with Gasteiger partial charge in [-0.05, 0) is 68.6 Å². The fourth-order valence-electron chi connectivity index (χ4n) is 2.34. The molecular formula is C14H20O3Si. The number of rotatable bonds is 3. The van der Waals surface area contributed by atoms with Gasteiger partial charge in [0.05, 0.1) is 0 Å². The van der Waals surface area contributed by atoms with Crippen molar-refractivity contribution in [3.8, 4) is 5.75 Å². The Morgan fingerprint density at radius 2 is 1.72 bits per heavy atom. The molecular weight excluding hydrogens is 244 g/mol. The number of carbonyl (C=O) groups is 1. The average Bonchev–Trinajstić information content (AvgIpc) is 2.25. The molecule has 0 radical (unpaired) electrons. The predicted molar refractivity (Wildman–Crippen MR) is 74.0 cm³/mol. The van der Waals surface area contributed by atoms with E-state index in [9.17, 15) is 9.90 Å². The Bertz CT molecular complexity index is 475.